The summed E-state index contributed by atoms with van der Waals surface area (Å²) in [6, 6.07) is 0.595. The molecule has 19 heavy (non-hydrogen) atoms. The Balaban J connectivity index is 1.92. The molecule has 0 amide bonds. The third-order valence-electron chi connectivity index (χ3n) is 3.33. The Hall–Kier alpha value is -1.14. The summed E-state index contributed by atoms with van der Waals surface area (Å²) in [5, 5.41) is 2.97. The van der Waals surface area contributed by atoms with Gasteiger partial charge in [-0.05, 0) is 27.4 Å². The molecule has 1 atom stereocenters. The highest BCUT2D eigenvalue weighted by atomic mass is 32.1. The van der Waals surface area contributed by atoms with Crippen LogP contribution in [0.15, 0.2) is 5.38 Å². The van der Waals surface area contributed by atoms with Crippen LogP contribution in [0.3, 0.4) is 0 Å². The zero-order chi connectivity index (χ0) is 13.8. The summed E-state index contributed by atoms with van der Waals surface area (Å²) in [4.78, 5) is 20.5. The summed E-state index contributed by atoms with van der Waals surface area (Å²) < 4.78 is 4.93. The Labute approximate surface area is 118 Å². The van der Waals surface area contributed by atoms with E-state index in [0.717, 1.165) is 23.9 Å². The predicted molar refractivity (Wildman–Crippen MR) is 76.8 cm³/mol. The molecular formula is C13H21N3O2S. The number of hydrogen-bond donors (Lipinski definition) is 0. The van der Waals surface area contributed by atoms with Crippen molar-refractivity contribution in [2.24, 2.45) is 0 Å². The SMILES string of the molecule is CCOC(=O)Cc1csc(N2CCC(N(C)C)C2)n1. The highest BCUT2D eigenvalue weighted by Crippen LogP contribution is 2.26. The van der Waals surface area contributed by atoms with Crippen LogP contribution in [0.4, 0.5) is 5.13 Å². The smallest absolute Gasteiger partial charge is 0.311 e. The van der Waals surface area contributed by atoms with Gasteiger partial charge in [0.05, 0.1) is 18.7 Å². The molecule has 106 valence electrons. The molecule has 1 aliphatic rings. The Morgan fingerprint density at radius 1 is 1.63 bits per heavy atom. The number of hydrogen-bond acceptors (Lipinski definition) is 6. The van der Waals surface area contributed by atoms with Crippen molar-refractivity contribution in [3.63, 3.8) is 0 Å². The molecule has 0 saturated carbocycles. The van der Waals surface area contributed by atoms with Crippen molar-refractivity contribution in [1.29, 1.82) is 0 Å². The molecule has 2 heterocycles. The van der Waals surface area contributed by atoms with E-state index in [9.17, 15) is 4.79 Å². The van der Waals surface area contributed by atoms with Crippen LogP contribution in [0.1, 0.15) is 19.0 Å². The molecule has 0 aliphatic carbocycles. The van der Waals surface area contributed by atoms with Crippen LogP contribution in [0.2, 0.25) is 0 Å². The molecule has 0 aromatic carbocycles. The number of aromatic nitrogens is 1. The minimum absolute atomic E-state index is 0.202. The molecule has 2 rings (SSSR count). The number of carbonyl (C=O) groups excluding carboxylic acids is 1. The maximum atomic E-state index is 11.4. The molecule has 1 aromatic heterocycles. The van der Waals surface area contributed by atoms with Gasteiger partial charge in [0.15, 0.2) is 5.13 Å². The predicted octanol–water partition coefficient (Wildman–Crippen LogP) is 1.39. The van der Waals surface area contributed by atoms with E-state index in [0.29, 0.717) is 12.6 Å². The first kappa shape index (κ1) is 14.3. The van der Waals surface area contributed by atoms with Crippen LogP contribution < -0.4 is 4.90 Å². The van der Waals surface area contributed by atoms with E-state index >= 15 is 0 Å². The fourth-order valence-electron chi connectivity index (χ4n) is 2.22. The van der Waals surface area contributed by atoms with Gasteiger partial charge in [0.2, 0.25) is 0 Å². The molecule has 1 aliphatic heterocycles. The minimum atomic E-state index is -0.202. The van der Waals surface area contributed by atoms with E-state index in [4.69, 9.17) is 4.74 Å². The number of thiazole rings is 1. The topological polar surface area (TPSA) is 45.7 Å². The molecule has 0 spiro atoms. The molecule has 5 nitrogen and oxygen atoms in total. The summed E-state index contributed by atoms with van der Waals surface area (Å²) in [5.41, 5.74) is 0.812. The van der Waals surface area contributed by atoms with Gasteiger partial charge in [-0.15, -0.1) is 11.3 Å². The first-order valence-corrected chi connectivity index (χ1v) is 7.49. The van der Waals surface area contributed by atoms with Crippen LogP contribution in [-0.2, 0) is 16.0 Å². The van der Waals surface area contributed by atoms with Gasteiger partial charge in [-0.3, -0.25) is 4.79 Å². The van der Waals surface area contributed by atoms with Crippen LogP contribution in [0.25, 0.3) is 0 Å². The van der Waals surface area contributed by atoms with Crippen molar-refractivity contribution in [3.05, 3.63) is 11.1 Å². The third-order valence-corrected chi connectivity index (χ3v) is 4.28. The zero-order valence-corrected chi connectivity index (χ0v) is 12.6. The van der Waals surface area contributed by atoms with Crippen molar-refractivity contribution < 1.29 is 9.53 Å². The van der Waals surface area contributed by atoms with Crippen molar-refractivity contribution in [2.45, 2.75) is 25.8 Å². The Bertz CT molecular complexity index is 433. The van der Waals surface area contributed by atoms with Crippen LogP contribution in [0, 0.1) is 0 Å². The fourth-order valence-corrected chi connectivity index (χ4v) is 3.08. The standard InChI is InChI=1S/C13H21N3O2S/c1-4-18-12(17)7-10-9-19-13(14-10)16-6-5-11(8-16)15(2)3/h9,11H,4-8H2,1-3H3. The molecule has 1 fully saturated rings. The number of nitrogens with zero attached hydrogens (tertiary/aromatic N) is 3. The largest absolute Gasteiger partial charge is 0.466 e. The number of carbonyl (C=O) groups is 1. The quantitative estimate of drug-likeness (QED) is 0.764. The number of likely N-dealkylation sites (N-methyl/N-ethyl adjacent to an activating group) is 1. The van der Waals surface area contributed by atoms with Crippen LogP contribution >= 0.6 is 11.3 Å². The van der Waals surface area contributed by atoms with Crippen molar-refractivity contribution in [3.8, 4) is 0 Å². The van der Waals surface area contributed by atoms with Gasteiger partial charge in [-0.1, -0.05) is 0 Å². The van der Waals surface area contributed by atoms with Crippen molar-refractivity contribution in [1.82, 2.24) is 9.88 Å². The van der Waals surface area contributed by atoms with E-state index in [1.807, 2.05) is 12.3 Å². The molecular weight excluding hydrogens is 262 g/mol. The van der Waals surface area contributed by atoms with Crippen molar-refractivity contribution in [2.75, 3.05) is 38.7 Å². The second kappa shape index (κ2) is 6.34. The van der Waals surface area contributed by atoms with Crippen LogP contribution in [0.5, 0.6) is 0 Å². The average Bonchev–Trinajstić information content (AvgIpc) is 2.96. The molecule has 1 saturated heterocycles. The van der Waals surface area contributed by atoms with E-state index in [-0.39, 0.29) is 12.4 Å². The lowest BCUT2D eigenvalue weighted by molar-refractivity contribution is -0.142. The Kier molecular flexibility index (Phi) is 4.76. The van der Waals surface area contributed by atoms with E-state index in [2.05, 4.69) is 28.9 Å². The van der Waals surface area contributed by atoms with E-state index in [1.54, 1.807) is 11.3 Å². The van der Waals surface area contributed by atoms with Gasteiger partial charge in [0.1, 0.15) is 0 Å². The highest BCUT2D eigenvalue weighted by molar-refractivity contribution is 7.13. The number of ether oxygens (including phenoxy) is 1. The molecule has 0 radical (unpaired) electrons. The molecule has 1 aromatic rings. The second-order valence-electron chi connectivity index (χ2n) is 4.96. The van der Waals surface area contributed by atoms with Crippen LogP contribution in [-0.4, -0.2) is 55.7 Å². The van der Waals surface area contributed by atoms with Gasteiger partial charge in [0.25, 0.3) is 0 Å². The fraction of sp³-hybridized carbons (Fsp3) is 0.692. The lowest BCUT2D eigenvalue weighted by Gasteiger charge is -2.19. The van der Waals surface area contributed by atoms with Gasteiger partial charge >= 0.3 is 5.97 Å². The monoisotopic (exact) mass is 283 g/mol. The molecule has 0 N–H and O–H groups in total. The summed E-state index contributed by atoms with van der Waals surface area (Å²) >= 11 is 1.61. The normalized spacial score (nSPS) is 19.2. The molecule has 6 heteroatoms. The summed E-state index contributed by atoms with van der Waals surface area (Å²) in [5.74, 6) is -0.202. The summed E-state index contributed by atoms with van der Waals surface area (Å²) in [6.07, 6.45) is 1.44. The maximum Gasteiger partial charge on any atom is 0.311 e. The van der Waals surface area contributed by atoms with Gasteiger partial charge in [-0.25, -0.2) is 4.98 Å². The number of rotatable bonds is 5. The lowest BCUT2D eigenvalue weighted by Crippen LogP contribution is -2.31. The first-order chi connectivity index (χ1) is 9.10. The summed E-state index contributed by atoms with van der Waals surface area (Å²) in [7, 11) is 4.23. The van der Waals surface area contributed by atoms with Gasteiger partial charge in [-0.2, -0.15) is 0 Å². The molecule has 1 unspecified atom stereocenters. The van der Waals surface area contributed by atoms with Gasteiger partial charge < -0.3 is 14.5 Å². The number of esters is 1. The highest BCUT2D eigenvalue weighted by Gasteiger charge is 2.25. The number of anilines is 1. The zero-order valence-electron chi connectivity index (χ0n) is 11.8. The Morgan fingerprint density at radius 2 is 2.42 bits per heavy atom. The van der Waals surface area contributed by atoms with Crippen molar-refractivity contribution >= 4 is 22.4 Å². The second-order valence-corrected chi connectivity index (χ2v) is 5.79. The maximum absolute atomic E-state index is 11.4. The third kappa shape index (κ3) is 3.67. The Morgan fingerprint density at radius 3 is 3.05 bits per heavy atom. The first-order valence-electron chi connectivity index (χ1n) is 6.61. The van der Waals surface area contributed by atoms with E-state index in [1.165, 1.54) is 6.42 Å². The molecule has 0 bridgehead atoms. The summed E-state index contributed by atoms with van der Waals surface area (Å²) in [6.45, 7) is 4.29. The minimum Gasteiger partial charge on any atom is -0.466 e. The van der Waals surface area contributed by atoms with E-state index < -0.39 is 0 Å². The lowest BCUT2D eigenvalue weighted by atomic mass is 10.2. The average molecular weight is 283 g/mol. The van der Waals surface area contributed by atoms with Gasteiger partial charge in [0, 0.05) is 24.5 Å².